The van der Waals surface area contributed by atoms with Gasteiger partial charge in [-0.2, -0.15) is 0 Å². The summed E-state index contributed by atoms with van der Waals surface area (Å²) in [6, 6.07) is 5.12. The molecule has 0 aliphatic heterocycles. The Bertz CT molecular complexity index is 564. The smallest absolute Gasteiger partial charge is 0.136 e. The largest absolute Gasteiger partial charge is 0.381 e. The van der Waals surface area contributed by atoms with Crippen molar-refractivity contribution in [2.24, 2.45) is 0 Å². The highest BCUT2D eigenvalue weighted by Crippen LogP contribution is 2.30. The minimum atomic E-state index is -0.242. The molecule has 0 unspecified atom stereocenters. The highest BCUT2D eigenvalue weighted by atomic mass is 19.1. The summed E-state index contributed by atoms with van der Waals surface area (Å²) in [7, 11) is 3.81. The van der Waals surface area contributed by atoms with Crippen LogP contribution in [0.2, 0.25) is 0 Å². The number of rotatable bonds is 3. The predicted octanol–water partition coefficient (Wildman–Crippen LogP) is 3.26. The van der Waals surface area contributed by atoms with Gasteiger partial charge in [0, 0.05) is 30.9 Å². The summed E-state index contributed by atoms with van der Waals surface area (Å²) in [6.07, 6.45) is 1.80. The van der Waals surface area contributed by atoms with Crippen LogP contribution in [0.15, 0.2) is 24.4 Å². The minimum Gasteiger partial charge on any atom is -0.381 e. The third-order valence-electron chi connectivity index (χ3n) is 2.70. The Morgan fingerprint density at radius 3 is 2.56 bits per heavy atom. The normalized spacial score (nSPS) is 11.0. The van der Waals surface area contributed by atoms with E-state index in [1.807, 2.05) is 19.0 Å². The monoisotopic (exact) mass is 247 g/mol. The molecule has 0 aliphatic rings. The maximum Gasteiger partial charge on any atom is 0.136 e. The lowest BCUT2D eigenvalue weighted by Gasteiger charge is -2.18. The first kappa shape index (κ1) is 12.6. The van der Waals surface area contributed by atoms with Crippen LogP contribution < -0.4 is 10.2 Å². The molecule has 0 fully saturated rings. The molecule has 2 rings (SSSR count). The Morgan fingerprint density at radius 1 is 1.22 bits per heavy atom. The standard InChI is InChI=1S/C14H18FN3/c1-9(2)17-13-8-16-14(18(3)4)12-7-10(15)5-6-11(12)13/h5-9,17H,1-4H3. The molecule has 3 nitrogen and oxygen atoms in total. The number of hydrogen-bond acceptors (Lipinski definition) is 3. The molecule has 1 aromatic carbocycles. The van der Waals surface area contributed by atoms with Gasteiger partial charge in [-0.1, -0.05) is 0 Å². The van der Waals surface area contributed by atoms with E-state index in [2.05, 4.69) is 24.1 Å². The van der Waals surface area contributed by atoms with Gasteiger partial charge in [-0.3, -0.25) is 0 Å². The van der Waals surface area contributed by atoms with E-state index in [4.69, 9.17) is 0 Å². The van der Waals surface area contributed by atoms with Gasteiger partial charge in [0.25, 0.3) is 0 Å². The van der Waals surface area contributed by atoms with Crippen LogP contribution in [0.1, 0.15) is 13.8 Å². The second-order valence-electron chi connectivity index (χ2n) is 4.88. The van der Waals surface area contributed by atoms with Crippen molar-refractivity contribution in [2.45, 2.75) is 19.9 Å². The van der Waals surface area contributed by atoms with Gasteiger partial charge in [-0.25, -0.2) is 9.37 Å². The molecule has 0 atom stereocenters. The van der Waals surface area contributed by atoms with Crippen LogP contribution in [0.25, 0.3) is 10.8 Å². The van der Waals surface area contributed by atoms with Crippen LogP contribution in [0.4, 0.5) is 15.9 Å². The number of benzene rings is 1. The fourth-order valence-electron chi connectivity index (χ4n) is 1.98. The van der Waals surface area contributed by atoms with Crippen molar-refractivity contribution in [1.29, 1.82) is 0 Å². The van der Waals surface area contributed by atoms with Gasteiger partial charge in [0.2, 0.25) is 0 Å². The predicted molar refractivity (Wildman–Crippen MR) is 74.8 cm³/mol. The molecule has 0 bridgehead atoms. The lowest BCUT2D eigenvalue weighted by Crippen LogP contribution is -2.14. The van der Waals surface area contributed by atoms with E-state index in [0.29, 0.717) is 6.04 Å². The van der Waals surface area contributed by atoms with Crippen LogP contribution in [-0.4, -0.2) is 25.1 Å². The Kier molecular flexibility index (Phi) is 3.36. The number of halogens is 1. The Hall–Kier alpha value is -1.84. The second kappa shape index (κ2) is 4.80. The Balaban J connectivity index is 2.67. The van der Waals surface area contributed by atoms with E-state index in [1.54, 1.807) is 12.3 Å². The van der Waals surface area contributed by atoms with Crippen molar-refractivity contribution in [3.05, 3.63) is 30.2 Å². The number of anilines is 2. The molecule has 4 heteroatoms. The molecular formula is C14H18FN3. The van der Waals surface area contributed by atoms with E-state index in [-0.39, 0.29) is 5.82 Å². The number of nitrogens with one attached hydrogen (secondary N) is 1. The lowest BCUT2D eigenvalue weighted by molar-refractivity contribution is 0.629. The third kappa shape index (κ3) is 2.37. The van der Waals surface area contributed by atoms with Gasteiger partial charge in [0.15, 0.2) is 0 Å². The fourth-order valence-corrected chi connectivity index (χ4v) is 1.98. The van der Waals surface area contributed by atoms with Gasteiger partial charge in [0.05, 0.1) is 11.9 Å². The molecule has 0 spiro atoms. The summed E-state index contributed by atoms with van der Waals surface area (Å²) >= 11 is 0. The van der Waals surface area contributed by atoms with Crippen molar-refractivity contribution in [1.82, 2.24) is 4.98 Å². The maximum absolute atomic E-state index is 13.4. The highest BCUT2D eigenvalue weighted by molar-refractivity contribution is 6.00. The summed E-state index contributed by atoms with van der Waals surface area (Å²) in [5.41, 5.74) is 0.936. The summed E-state index contributed by atoms with van der Waals surface area (Å²) in [5.74, 6) is 0.535. The van der Waals surface area contributed by atoms with E-state index in [0.717, 1.165) is 22.3 Å². The van der Waals surface area contributed by atoms with Crippen molar-refractivity contribution in [3.63, 3.8) is 0 Å². The lowest BCUT2D eigenvalue weighted by atomic mass is 10.1. The first-order valence-electron chi connectivity index (χ1n) is 6.01. The fraction of sp³-hybridized carbons (Fsp3) is 0.357. The van der Waals surface area contributed by atoms with Crippen LogP contribution in [0.3, 0.4) is 0 Å². The second-order valence-corrected chi connectivity index (χ2v) is 4.88. The van der Waals surface area contributed by atoms with Crippen LogP contribution in [0.5, 0.6) is 0 Å². The Labute approximate surface area is 107 Å². The van der Waals surface area contributed by atoms with Crippen LogP contribution in [0, 0.1) is 5.82 Å². The van der Waals surface area contributed by atoms with Crippen LogP contribution in [-0.2, 0) is 0 Å². The molecule has 1 N–H and O–H groups in total. The first-order valence-corrected chi connectivity index (χ1v) is 6.01. The highest BCUT2D eigenvalue weighted by Gasteiger charge is 2.10. The van der Waals surface area contributed by atoms with Gasteiger partial charge in [-0.15, -0.1) is 0 Å². The number of hydrogen-bond donors (Lipinski definition) is 1. The number of pyridine rings is 1. The average molecular weight is 247 g/mol. The van der Waals surface area contributed by atoms with Gasteiger partial charge >= 0.3 is 0 Å². The molecule has 0 radical (unpaired) electrons. The van der Waals surface area contributed by atoms with Crippen LogP contribution >= 0.6 is 0 Å². The van der Waals surface area contributed by atoms with E-state index >= 15 is 0 Å². The van der Waals surface area contributed by atoms with E-state index in [9.17, 15) is 4.39 Å². The molecule has 96 valence electrons. The van der Waals surface area contributed by atoms with Crippen molar-refractivity contribution >= 4 is 22.3 Å². The zero-order chi connectivity index (χ0) is 13.3. The van der Waals surface area contributed by atoms with Crippen molar-refractivity contribution < 1.29 is 4.39 Å². The minimum absolute atomic E-state index is 0.242. The maximum atomic E-state index is 13.4. The van der Waals surface area contributed by atoms with E-state index in [1.165, 1.54) is 12.1 Å². The third-order valence-corrected chi connectivity index (χ3v) is 2.70. The number of fused-ring (bicyclic) bond motifs is 1. The van der Waals surface area contributed by atoms with Crippen molar-refractivity contribution in [3.8, 4) is 0 Å². The Morgan fingerprint density at radius 2 is 1.94 bits per heavy atom. The van der Waals surface area contributed by atoms with E-state index < -0.39 is 0 Å². The van der Waals surface area contributed by atoms with Gasteiger partial charge in [-0.05, 0) is 32.0 Å². The topological polar surface area (TPSA) is 28.2 Å². The summed E-state index contributed by atoms with van der Waals surface area (Å²) < 4.78 is 13.4. The summed E-state index contributed by atoms with van der Waals surface area (Å²) in [5, 5.41) is 5.14. The zero-order valence-corrected chi connectivity index (χ0v) is 11.2. The summed E-state index contributed by atoms with van der Waals surface area (Å²) in [6.45, 7) is 4.13. The summed E-state index contributed by atoms with van der Waals surface area (Å²) in [4.78, 5) is 6.29. The molecule has 0 aliphatic carbocycles. The molecular weight excluding hydrogens is 229 g/mol. The molecule has 0 amide bonds. The van der Waals surface area contributed by atoms with Crippen molar-refractivity contribution in [2.75, 3.05) is 24.3 Å². The SMILES string of the molecule is CC(C)Nc1cnc(N(C)C)c2cc(F)ccc12. The zero-order valence-electron chi connectivity index (χ0n) is 11.2. The van der Waals surface area contributed by atoms with Gasteiger partial charge in [0.1, 0.15) is 11.6 Å². The quantitative estimate of drug-likeness (QED) is 0.902. The van der Waals surface area contributed by atoms with Gasteiger partial charge < -0.3 is 10.2 Å². The molecule has 0 saturated carbocycles. The molecule has 1 heterocycles. The molecule has 1 aromatic heterocycles. The number of nitrogens with zero attached hydrogens (tertiary/aromatic N) is 2. The molecule has 18 heavy (non-hydrogen) atoms. The molecule has 0 saturated heterocycles. The average Bonchev–Trinajstić information content (AvgIpc) is 2.27. The molecule has 2 aromatic rings. The number of aromatic nitrogens is 1. The first-order chi connectivity index (χ1) is 8.49.